The van der Waals surface area contributed by atoms with Gasteiger partial charge in [0, 0.05) is 18.8 Å². The van der Waals surface area contributed by atoms with Crippen LogP contribution in [-0.2, 0) is 11.3 Å². The maximum atomic E-state index is 12.2. The number of aromatic carboxylic acids is 1. The maximum absolute atomic E-state index is 12.2. The molecule has 0 saturated heterocycles. The molecule has 1 aromatic rings. The summed E-state index contributed by atoms with van der Waals surface area (Å²) in [5.41, 5.74) is 0.163. The molecule has 1 aliphatic rings. The van der Waals surface area contributed by atoms with E-state index in [9.17, 15) is 9.59 Å². The van der Waals surface area contributed by atoms with E-state index in [1.165, 1.54) is 10.6 Å². The Morgan fingerprint density at radius 2 is 2.22 bits per heavy atom. The van der Waals surface area contributed by atoms with Crippen LogP contribution in [0.25, 0.3) is 0 Å². The second-order valence-electron chi connectivity index (χ2n) is 4.64. The molecule has 0 spiro atoms. The van der Waals surface area contributed by atoms with Gasteiger partial charge in [-0.05, 0) is 31.4 Å². The molecule has 1 fully saturated rings. The third-order valence-corrected chi connectivity index (χ3v) is 3.13. The van der Waals surface area contributed by atoms with Crippen LogP contribution < -0.4 is 0 Å². The highest BCUT2D eigenvalue weighted by Gasteiger charge is 2.32. The standard InChI is InChI=1S/C13H18N2O3/c1-2-7-15(10-5-6-10)12(16)9-14-8-3-4-11(14)13(17)18/h3-4,8,10H,2,5-7,9H2,1H3,(H,17,18). The third kappa shape index (κ3) is 2.72. The van der Waals surface area contributed by atoms with E-state index >= 15 is 0 Å². The second-order valence-corrected chi connectivity index (χ2v) is 4.64. The molecule has 1 saturated carbocycles. The highest BCUT2D eigenvalue weighted by Crippen LogP contribution is 2.27. The molecular weight excluding hydrogens is 232 g/mol. The van der Waals surface area contributed by atoms with Crippen molar-refractivity contribution in [2.24, 2.45) is 0 Å². The fourth-order valence-electron chi connectivity index (χ4n) is 2.12. The van der Waals surface area contributed by atoms with E-state index in [4.69, 9.17) is 5.11 Å². The molecule has 0 aliphatic heterocycles. The lowest BCUT2D eigenvalue weighted by Crippen LogP contribution is -2.36. The van der Waals surface area contributed by atoms with Crippen LogP contribution in [0.15, 0.2) is 18.3 Å². The van der Waals surface area contributed by atoms with Gasteiger partial charge in [0.2, 0.25) is 5.91 Å². The molecule has 0 bridgehead atoms. The minimum atomic E-state index is -0.999. The van der Waals surface area contributed by atoms with E-state index in [0.717, 1.165) is 25.8 Å². The Hall–Kier alpha value is -1.78. The zero-order valence-electron chi connectivity index (χ0n) is 10.5. The highest BCUT2D eigenvalue weighted by atomic mass is 16.4. The maximum Gasteiger partial charge on any atom is 0.352 e. The van der Waals surface area contributed by atoms with E-state index < -0.39 is 5.97 Å². The van der Waals surface area contributed by atoms with Crippen molar-refractivity contribution in [3.8, 4) is 0 Å². The quantitative estimate of drug-likeness (QED) is 0.834. The van der Waals surface area contributed by atoms with Crippen molar-refractivity contribution < 1.29 is 14.7 Å². The predicted molar refractivity (Wildman–Crippen MR) is 66.4 cm³/mol. The average Bonchev–Trinajstić information content (AvgIpc) is 3.05. The number of hydrogen-bond acceptors (Lipinski definition) is 2. The van der Waals surface area contributed by atoms with Crippen molar-refractivity contribution in [1.29, 1.82) is 0 Å². The zero-order valence-corrected chi connectivity index (χ0v) is 10.5. The Kier molecular flexibility index (Phi) is 3.69. The molecule has 5 nitrogen and oxygen atoms in total. The summed E-state index contributed by atoms with van der Waals surface area (Å²) in [7, 11) is 0. The van der Waals surface area contributed by atoms with Crippen molar-refractivity contribution in [2.45, 2.75) is 38.8 Å². The number of carboxylic acid groups (broad SMARTS) is 1. The molecule has 1 heterocycles. The van der Waals surface area contributed by atoms with Crippen molar-refractivity contribution in [3.63, 3.8) is 0 Å². The molecule has 0 radical (unpaired) electrons. The van der Waals surface area contributed by atoms with Gasteiger partial charge in [0.05, 0.1) is 0 Å². The smallest absolute Gasteiger partial charge is 0.352 e. The van der Waals surface area contributed by atoms with Crippen LogP contribution in [0.3, 0.4) is 0 Å². The Morgan fingerprint density at radius 1 is 1.50 bits per heavy atom. The predicted octanol–water partition coefficient (Wildman–Crippen LogP) is 1.59. The van der Waals surface area contributed by atoms with Crippen molar-refractivity contribution in [1.82, 2.24) is 9.47 Å². The van der Waals surface area contributed by atoms with Crippen molar-refractivity contribution >= 4 is 11.9 Å². The minimum Gasteiger partial charge on any atom is -0.477 e. The molecule has 0 aromatic carbocycles. The second kappa shape index (κ2) is 5.25. The summed E-state index contributed by atoms with van der Waals surface area (Å²) >= 11 is 0. The number of hydrogen-bond donors (Lipinski definition) is 1. The lowest BCUT2D eigenvalue weighted by atomic mass is 10.3. The Balaban J connectivity index is 2.05. The lowest BCUT2D eigenvalue weighted by molar-refractivity contribution is -0.132. The third-order valence-electron chi connectivity index (χ3n) is 3.13. The van der Waals surface area contributed by atoms with Gasteiger partial charge in [-0.25, -0.2) is 4.79 Å². The first-order valence-electron chi connectivity index (χ1n) is 6.31. The van der Waals surface area contributed by atoms with Gasteiger partial charge >= 0.3 is 5.97 Å². The van der Waals surface area contributed by atoms with E-state index in [2.05, 4.69) is 0 Å². The van der Waals surface area contributed by atoms with E-state index in [0.29, 0.717) is 6.04 Å². The van der Waals surface area contributed by atoms with Gasteiger partial charge in [0.25, 0.3) is 0 Å². The Labute approximate surface area is 106 Å². The molecule has 1 N–H and O–H groups in total. The summed E-state index contributed by atoms with van der Waals surface area (Å²) < 4.78 is 1.50. The Bertz CT molecular complexity index is 449. The first-order valence-corrected chi connectivity index (χ1v) is 6.31. The first-order chi connectivity index (χ1) is 8.63. The van der Waals surface area contributed by atoms with Gasteiger partial charge in [-0.15, -0.1) is 0 Å². The van der Waals surface area contributed by atoms with Crippen LogP contribution in [0.2, 0.25) is 0 Å². The number of aromatic nitrogens is 1. The molecule has 18 heavy (non-hydrogen) atoms. The number of carbonyl (C=O) groups excluding carboxylic acids is 1. The Morgan fingerprint density at radius 3 is 2.78 bits per heavy atom. The van der Waals surface area contributed by atoms with Crippen LogP contribution in [0.1, 0.15) is 36.7 Å². The molecule has 98 valence electrons. The fourth-order valence-corrected chi connectivity index (χ4v) is 2.12. The fraction of sp³-hybridized carbons (Fsp3) is 0.538. The lowest BCUT2D eigenvalue weighted by Gasteiger charge is -2.22. The summed E-state index contributed by atoms with van der Waals surface area (Å²) in [6.07, 6.45) is 4.71. The average molecular weight is 250 g/mol. The SMILES string of the molecule is CCCN(C(=O)Cn1cccc1C(=O)O)C1CC1. The van der Waals surface area contributed by atoms with Crippen molar-refractivity contribution in [3.05, 3.63) is 24.0 Å². The largest absolute Gasteiger partial charge is 0.477 e. The van der Waals surface area contributed by atoms with Gasteiger partial charge in [-0.3, -0.25) is 4.79 Å². The normalized spacial score (nSPS) is 14.5. The first kappa shape index (κ1) is 12.7. The summed E-state index contributed by atoms with van der Waals surface area (Å²) in [6, 6.07) is 3.54. The van der Waals surface area contributed by atoms with Gasteiger partial charge < -0.3 is 14.6 Å². The van der Waals surface area contributed by atoms with Gasteiger partial charge in [-0.1, -0.05) is 6.92 Å². The van der Waals surface area contributed by atoms with E-state index in [1.807, 2.05) is 11.8 Å². The molecule has 1 aromatic heterocycles. The van der Waals surface area contributed by atoms with Crippen LogP contribution in [0.5, 0.6) is 0 Å². The molecule has 0 unspecified atom stereocenters. The zero-order chi connectivity index (χ0) is 13.1. The minimum absolute atomic E-state index is 0.0121. The monoisotopic (exact) mass is 250 g/mol. The van der Waals surface area contributed by atoms with Crippen LogP contribution in [0, 0.1) is 0 Å². The number of carboxylic acids is 1. The van der Waals surface area contributed by atoms with E-state index in [1.54, 1.807) is 12.3 Å². The van der Waals surface area contributed by atoms with Gasteiger partial charge in [0.1, 0.15) is 12.2 Å². The number of rotatable bonds is 6. The van der Waals surface area contributed by atoms with Gasteiger partial charge in [-0.2, -0.15) is 0 Å². The molecular formula is C13H18N2O3. The topological polar surface area (TPSA) is 62.5 Å². The molecule has 0 atom stereocenters. The number of nitrogens with zero attached hydrogens (tertiary/aromatic N) is 2. The molecule has 5 heteroatoms. The number of carbonyl (C=O) groups is 2. The summed E-state index contributed by atoms with van der Waals surface area (Å²) in [6.45, 7) is 2.92. The van der Waals surface area contributed by atoms with Crippen molar-refractivity contribution in [2.75, 3.05) is 6.54 Å². The van der Waals surface area contributed by atoms with Crippen LogP contribution >= 0.6 is 0 Å². The summed E-state index contributed by atoms with van der Waals surface area (Å²) in [4.78, 5) is 25.0. The van der Waals surface area contributed by atoms with Crippen LogP contribution in [0.4, 0.5) is 0 Å². The van der Waals surface area contributed by atoms with Crippen LogP contribution in [-0.4, -0.2) is 39.0 Å². The number of amides is 1. The highest BCUT2D eigenvalue weighted by molar-refractivity contribution is 5.87. The molecule has 1 aliphatic carbocycles. The van der Waals surface area contributed by atoms with E-state index in [-0.39, 0.29) is 18.1 Å². The summed E-state index contributed by atoms with van der Waals surface area (Å²) in [5, 5.41) is 8.99. The molecule has 1 amide bonds. The van der Waals surface area contributed by atoms with Gasteiger partial charge in [0.15, 0.2) is 0 Å². The summed E-state index contributed by atoms with van der Waals surface area (Å²) in [5.74, 6) is -0.987. The molecule has 2 rings (SSSR count).